The number of rotatable bonds is 7. The van der Waals surface area contributed by atoms with Crippen molar-refractivity contribution in [1.29, 1.82) is 0 Å². The van der Waals surface area contributed by atoms with E-state index in [4.69, 9.17) is 10.8 Å². The summed E-state index contributed by atoms with van der Waals surface area (Å²) in [5.74, 6) is -18.6. The molecular formula is C35H28F8O2S. The molecule has 0 radical (unpaired) electrons. The topological polar surface area (TPSA) is 18.5 Å². The average molecular weight is 666 g/mol. The first-order chi connectivity index (χ1) is 22.5. The predicted octanol–water partition coefficient (Wildman–Crippen LogP) is 12.1. The molecule has 0 N–H and O–H groups in total. The highest BCUT2D eigenvalue weighted by Gasteiger charge is 2.31. The zero-order valence-corrected chi connectivity index (χ0v) is 26.0. The third kappa shape index (κ3) is 7.31. The van der Waals surface area contributed by atoms with Gasteiger partial charge in [0.25, 0.3) is 0 Å². The minimum absolute atomic E-state index is 0.223. The molecule has 0 amide bonds. The average Bonchev–Trinajstić information content (AvgIpc) is 3.12. The number of ether oxygens (including phenoxy) is 2. The summed E-state index contributed by atoms with van der Waals surface area (Å²) in [6, 6.07) is 18.0. The van der Waals surface area contributed by atoms with Gasteiger partial charge in [-0.25, -0.2) is 26.3 Å². The highest BCUT2D eigenvalue weighted by Crippen LogP contribution is 2.46. The molecule has 0 heterocycles. The Balaban J connectivity index is 0.00000144. The quantitative estimate of drug-likeness (QED) is 0.127. The van der Waals surface area contributed by atoms with Gasteiger partial charge in [0.05, 0.1) is 18.3 Å². The van der Waals surface area contributed by atoms with E-state index in [9.17, 15) is 17.6 Å². The molecule has 5 aromatic carbocycles. The van der Waals surface area contributed by atoms with Crippen molar-refractivity contribution in [3.05, 3.63) is 125 Å². The van der Waals surface area contributed by atoms with Crippen LogP contribution in [0.3, 0.4) is 0 Å². The van der Waals surface area contributed by atoms with Crippen molar-refractivity contribution in [2.24, 2.45) is 0 Å². The van der Waals surface area contributed by atoms with E-state index in [1.807, 2.05) is 27.7 Å². The van der Waals surface area contributed by atoms with Crippen LogP contribution in [0.4, 0.5) is 35.1 Å². The third-order valence-electron chi connectivity index (χ3n) is 6.07. The van der Waals surface area contributed by atoms with Crippen molar-refractivity contribution in [3.63, 3.8) is 0 Å². The fourth-order valence-corrected chi connectivity index (χ4v) is 4.99. The Morgan fingerprint density at radius 2 is 0.935 bits per heavy atom. The van der Waals surface area contributed by atoms with E-state index in [1.54, 1.807) is 60.7 Å². The van der Waals surface area contributed by atoms with E-state index in [0.717, 1.165) is 0 Å². The molecule has 46 heavy (non-hydrogen) atoms. The summed E-state index contributed by atoms with van der Waals surface area (Å²) in [5, 5.41) is 0. The second-order valence-corrected chi connectivity index (χ2v) is 9.63. The van der Waals surface area contributed by atoms with Crippen molar-refractivity contribution in [3.8, 4) is 39.5 Å². The van der Waals surface area contributed by atoms with Crippen molar-refractivity contribution < 1.29 is 46.0 Å². The minimum atomic E-state index is -2.17. The van der Waals surface area contributed by atoms with Gasteiger partial charge < -0.3 is 9.47 Å². The monoisotopic (exact) mass is 665 g/mol. The zero-order chi connectivity index (χ0) is 35.0. The lowest BCUT2D eigenvalue weighted by Crippen LogP contribution is -2.05. The van der Waals surface area contributed by atoms with Crippen LogP contribution in [0.15, 0.2) is 88.6 Å². The molecule has 11 heteroatoms. The Hall–Kier alpha value is -4.51. The number of hydrogen-bond donors (Lipinski definition) is 0. The Kier molecular flexibility index (Phi) is 12.1. The molecule has 2 nitrogen and oxygen atoms in total. The highest BCUT2D eigenvalue weighted by atomic mass is 32.2. The molecule has 5 rings (SSSR count). The van der Waals surface area contributed by atoms with Gasteiger partial charge in [-0.3, -0.25) is 0 Å². The van der Waals surface area contributed by atoms with E-state index < -0.39 is 79.9 Å². The molecule has 0 saturated carbocycles. The molecule has 0 saturated heterocycles. The number of hydrogen-bond acceptors (Lipinski definition) is 3. The van der Waals surface area contributed by atoms with Crippen molar-refractivity contribution in [1.82, 2.24) is 0 Å². The van der Waals surface area contributed by atoms with Gasteiger partial charge in [0, 0.05) is 17.2 Å². The molecule has 0 fully saturated rings. The van der Waals surface area contributed by atoms with Gasteiger partial charge in [0.15, 0.2) is 34.9 Å². The normalized spacial score (nSPS) is 10.7. The van der Waals surface area contributed by atoms with Crippen LogP contribution in [-0.4, -0.2) is 7.11 Å². The minimum Gasteiger partial charge on any atom is -0.496 e. The second kappa shape index (κ2) is 16.2. The van der Waals surface area contributed by atoms with Crippen LogP contribution in [0.2, 0.25) is 0 Å². The summed E-state index contributed by atoms with van der Waals surface area (Å²) >= 11 is -0.636. The van der Waals surface area contributed by atoms with Gasteiger partial charge in [-0.05, 0) is 23.3 Å². The zero-order valence-electron chi connectivity index (χ0n) is 26.2. The molecule has 0 unspecified atom stereocenters. The summed E-state index contributed by atoms with van der Waals surface area (Å²) in [4.78, 5) is -3.29. The Morgan fingerprint density at radius 1 is 0.543 bits per heavy atom. The SMILES string of the molecule is CC.CC.[2H]c1c(F)c(F)c(Sc2c(F)c(F)c(Oc3cc(-c4ccccc4)c(OC)cc3-c3ccccc3)c(F)c2F)c(F)c1F. The molecule has 242 valence electrons. The number of benzene rings is 5. The molecule has 0 aliphatic heterocycles. The summed E-state index contributed by atoms with van der Waals surface area (Å²) in [7, 11) is 1.40. The predicted molar refractivity (Wildman–Crippen MR) is 163 cm³/mol. The van der Waals surface area contributed by atoms with Gasteiger partial charge in [-0.2, -0.15) is 8.78 Å². The summed E-state index contributed by atoms with van der Waals surface area (Å²) in [6.45, 7) is 8.00. The third-order valence-corrected chi connectivity index (χ3v) is 7.20. The first kappa shape index (κ1) is 34.4. The van der Waals surface area contributed by atoms with Crippen LogP contribution in [0.1, 0.15) is 29.1 Å². The van der Waals surface area contributed by atoms with Crippen LogP contribution in [0.5, 0.6) is 17.2 Å². The number of halogens is 8. The maximum atomic E-state index is 15.3. The summed E-state index contributed by atoms with van der Waals surface area (Å²) in [5.41, 5.74) is 1.72. The largest absolute Gasteiger partial charge is 0.496 e. The second-order valence-electron chi connectivity index (χ2n) is 8.61. The van der Waals surface area contributed by atoms with Crippen LogP contribution in [0.25, 0.3) is 22.3 Å². The summed E-state index contributed by atoms with van der Waals surface area (Å²) < 4.78 is 135. The molecule has 0 aliphatic rings. The van der Waals surface area contributed by atoms with E-state index in [-0.39, 0.29) is 11.3 Å². The van der Waals surface area contributed by atoms with Crippen molar-refractivity contribution in [2.45, 2.75) is 37.5 Å². The fraction of sp³-hybridized carbons (Fsp3) is 0.143. The van der Waals surface area contributed by atoms with E-state index >= 15 is 17.6 Å². The van der Waals surface area contributed by atoms with Crippen LogP contribution >= 0.6 is 11.8 Å². The summed E-state index contributed by atoms with van der Waals surface area (Å²) in [6.07, 6.45) is 0. The Morgan fingerprint density at radius 3 is 1.37 bits per heavy atom. The van der Waals surface area contributed by atoms with Crippen LogP contribution in [-0.2, 0) is 0 Å². The lowest BCUT2D eigenvalue weighted by molar-refractivity contribution is 0.353. The van der Waals surface area contributed by atoms with Crippen molar-refractivity contribution in [2.75, 3.05) is 7.11 Å². The van der Waals surface area contributed by atoms with Gasteiger partial charge in [0.2, 0.25) is 17.4 Å². The van der Waals surface area contributed by atoms with E-state index in [2.05, 4.69) is 0 Å². The number of methoxy groups -OCH3 is 1. The van der Waals surface area contributed by atoms with Gasteiger partial charge in [0.1, 0.15) is 11.5 Å². The van der Waals surface area contributed by atoms with Crippen LogP contribution in [0, 0.1) is 46.5 Å². The molecule has 0 spiro atoms. The maximum absolute atomic E-state index is 15.3. The molecule has 0 bridgehead atoms. The molecule has 0 atom stereocenters. The Labute approximate surface area is 267 Å². The first-order valence-electron chi connectivity index (χ1n) is 14.4. The standard InChI is InChI=1S/C31H16F8O2S.2C2H6/c1-40-21-12-18(16-10-6-3-7-11-16)22(13-17(21)15-8-4-2-5-9-15)41-29-25(36)27(38)31(28(39)26(29)37)42-30-23(34)19(32)14-20(33)24(30)35;2*1-2/h2-14H,1H3;2*1-2H3/i14D;;. The van der Waals surface area contributed by atoms with E-state index in [1.165, 1.54) is 19.2 Å². The fourth-order valence-electron chi connectivity index (χ4n) is 4.07. The lowest BCUT2D eigenvalue weighted by Gasteiger charge is -2.18. The maximum Gasteiger partial charge on any atom is 0.205 e. The molecular weight excluding hydrogens is 636 g/mol. The molecule has 5 aromatic rings. The van der Waals surface area contributed by atoms with Gasteiger partial charge >= 0.3 is 0 Å². The molecule has 0 aliphatic carbocycles. The Bertz CT molecular complexity index is 1800. The van der Waals surface area contributed by atoms with Gasteiger partial charge in [-0.15, -0.1) is 0 Å². The van der Waals surface area contributed by atoms with Crippen LogP contribution < -0.4 is 9.47 Å². The van der Waals surface area contributed by atoms with E-state index in [0.29, 0.717) is 22.4 Å². The van der Waals surface area contributed by atoms with Crippen molar-refractivity contribution >= 4 is 11.8 Å². The first-order valence-corrected chi connectivity index (χ1v) is 14.7. The van der Waals surface area contributed by atoms with Gasteiger partial charge in [-0.1, -0.05) is 100 Å². The molecule has 0 aromatic heterocycles. The highest BCUT2D eigenvalue weighted by molar-refractivity contribution is 7.99. The smallest absolute Gasteiger partial charge is 0.205 e. The lowest BCUT2D eigenvalue weighted by atomic mass is 9.98.